The number of rotatable bonds is 9. The number of aldehydes is 1. The highest BCUT2D eigenvalue weighted by Gasteiger charge is 2.19. The zero-order valence-electron chi connectivity index (χ0n) is 21.9. The van der Waals surface area contributed by atoms with Gasteiger partial charge in [-0.05, 0) is 99.7 Å². The Bertz CT molecular complexity index is 1700. The lowest BCUT2D eigenvalue weighted by atomic mass is 9.98. The van der Waals surface area contributed by atoms with Crippen molar-refractivity contribution in [2.24, 2.45) is 5.92 Å². The maximum Gasteiger partial charge on any atom is 0.251 e. The van der Waals surface area contributed by atoms with E-state index >= 15 is 0 Å². The number of halogens is 2. The third-order valence-electron chi connectivity index (χ3n) is 6.36. The van der Waals surface area contributed by atoms with E-state index in [1.54, 1.807) is 42.6 Å². The maximum absolute atomic E-state index is 13.5. The number of carbonyl (C=O) groups is 2. The Kier molecular flexibility index (Phi) is 8.07. The number of nitrogens with zero attached hydrogens (tertiary/aromatic N) is 1. The molecule has 0 aliphatic heterocycles. The van der Waals surface area contributed by atoms with Gasteiger partial charge in [0.1, 0.15) is 34.1 Å². The Morgan fingerprint density at radius 3 is 2.55 bits per heavy atom. The molecule has 0 radical (unpaired) electrons. The summed E-state index contributed by atoms with van der Waals surface area (Å²) in [5.74, 6) is 0.687. The van der Waals surface area contributed by atoms with Crippen LogP contribution in [-0.4, -0.2) is 23.7 Å². The minimum absolute atomic E-state index is 0.184. The Morgan fingerprint density at radius 2 is 1.82 bits per heavy atom. The first-order chi connectivity index (χ1) is 19.3. The highest BCUT2D eigenvalue weighted by molar-refractivity contribution is 9.10. The predicted octanol–water partition coefficient (Wildman–Crippen LogP) is 7.84. The molecule has 6 nitrogen and oxygen atoms in total. The summed E-state index contributed by atoms with van der Waals surface area (Å²) in [6.07, 6.45) is 2.43. The fourth-order valence-electron chi connectivity index (χ4n) is 4.33. The summed E-state index contributed by atoms with van der Waals surface area (Å²) in [6.45, 7) is 4.91. The first-order valence-electron chi connectivity index (χ1n) is 12.8. The Hall–Kier alpha value is -4.30. The summed E-state index contributed by atoms with van der Waals surface area (Å²) in [5.41, 5.74) is 4.31. The highest BCUT2D eigenvalue weighted by atomic mass is 79.9. The Labute approximate surface area is 239 Å². The monoisotopic (exact) mass is 600 g/mol. The van der Waals surface area contributed by atoms with Crippen LogP contribution in [0.1, 0.15) is 40.1 Å². The van der Waals surface area contributed by atoms with Crippen LogP contribution in [0.15, 0.2) is 88.0 Å². The van der Waals surface area contributed by atoms with Crippen LogP contribution in [0, 0.1) is 11.7 Å². The fraction of sp³-hybridized carbons (Fsp3) is 0.156. The number of nitrogens with one attached hydrogen (secondary N) is 1. The van der Waals surface area contributed by atoms with Gasteiger partial charge in [0, 0.05) is 34.8 Å². The van der Waals surface area contributed by atoms with E-state index in [1.165, 1.54) is 12.1 Å². The zero-order chi connectivity index (χ0) is 28.2. The molecule has 3 aromatic carbocycles. The molecule has 0 saturated heterocycles. The SMILES string of the molecule is CC(C)CNC(=O)c1ccc(OCc2ccnc(Br)c2)c(-c2ccc3oc(-c4ccc(F)cc4)c(C=O)c3c2)c1. The van der Waals surface area contributed by atoms with E-state index < -0.39 is 0 Å². The molecule has 40 heavy (non-hydrogen) atoms. The van der Waals surface area contributed by atoms with Gasteiger partial charge in [-0.3, -0.25) is 9.59 Å². The van der Waals surface area contributed by atoms with E-state index in [2.05, 4.69) is 26.2 Å². The number of hydrogen-bond donors (Lipinski definition) is 1. The van der Waals surface area contributed by atoms with Crippen molar-refractivity contribution in [1.82, 2.24) is 10.3 Å². The van der Waals surface area contributed by atoms with Gasteiger partial charge in [-0.1, -0.05) is 19.9 Å². The Balaban J connectivity index is 1.57. The second-order valence-electron chi connectivity index (χ2n) is 9.77. The number of furan rings is 1. The molecule has 0 fully saturated rings. The molecule has 8 heteroatoms. The summed E-state index contributed by atoms with van der Waals surface area (Å²) in [6, 6.07) is 20.3. The van der Waals surface area contributed by atoms with Crippen LogP contribution in [0.3, 0.4) is 0 Å². The Morgan fingerprint density at radius 1 is 1.05 bits per heavy atom. The lowest BCUT2D eigenvalue weighted by Gasteiger charge is -2.15. The molecule has 1 N–H and O–H groups in total. The lowest BCUT2D eigenvalue weighted by molar-refractivity contribution is 0.0948. The van der Waals surface area contributed by atoms with Crippen LogP contribution in [0.5, 0.6) is 5.75 Å². The number of carbonyl (C=O) groups excluding carboxylic acids is 2. The van der Waals surface area contributed by atoms with E-state index in [0.717, 1.165) is 17.4 Å². The van der Waals surface area contributed by atoms with Crippen LogP contribution in [0.4, 0.5) is 4.39 Å². The molecule has 0 atom stereocenters. The predicted molar refractivity (Wildman–Crippen MR) is 156 cm³/mol. The summed E-state index contributed by atoms with van der Waals surface area (Å²) in [7, 11) is 0. The first kappa shape index (κ1) is 27.3. The average molecular weight is 601 g/mol. The number of amides is 1. The molecule has 1 amide bonds. The number of aromatic nitrogens is 1. The summed E-state index contributed by atoms with van der Waals surface area (Å²) < 4.78 is 26.4. The molecule has 2 heterocycles. The molecule has 0 saturated carbocycles. The van der Waals surface area contributed by atoms with Gasteiger partial charge in [0.2, 0.25) is 0 Å². The molecule has 5 aromatic rings. The van der Waals surface area contributed by atoms with Crippen LogP contribution in [0.25, 0.3) is 33.4 Å². The van der Waals surface area contributed by atoms with E-state index in [-0.39, 0.29) is 18.3 Å². The quantitative estimate of drug-likeness (QED) is 0.138. The fourth-order valence-corrected chi connectivity index (χ4v) is 4.74. The summed E-state index contributed by atoms with van der Waals surface area (Å²) in [5, 5.41) is 3.56. The lowest BCUT2D eigenvalue weighted by Crippen LogP contribution is -2.27. The van der Waals surface area contributed by atoms with E-state index in [4.69, 9.17) is 9.15 Å². The van der Waals surface area contributed by atoms with Crippen molar-refractivity contribution >= 4 is 39.1 Å². The first-order valence-corrected chi connectivity index (χ1v) is 13.5. The molecule has 0 aliphatic rings. The molecule has 0 spiro atoms. The standard InChI is InChI=1S/C32H26BrFN2O4/c1-19(2)16-36-32(38)23-6-9-28(39-18-20-11-12-35-30(33)13-20)25(15-23)22-5-10-29-26(14-22)27(17-37)31(40-29)21-3-7-24(34)8-4-21/h3-15,17,19H,16,18H2,1-2H3,(H,36,38). The van der Waals surface area contributed by atoms with Gasteiger partial charge < -0.3 is 14.5 Å². The van der Waals surface area contributed by atoms with Crippen molar-refractivity contribution in [2.45, 2.75) is 20.5 Å². The maximum atomic E-state index is 13.5. The average Bonchev–Trinajstić information content (AvgIpc) is 3.33. The van der Waals surface area contributed by atoms with E-state index in [0.29, 0.717) is 61.8 Å². The third kappa shape index (κ3) is 5.97. The van der Waals surface area contributed by atoms with E-state index in [1.807, 2.05) is 38.1 Å². The molecular formula is C32H26BrFN2O4. The number of fused-ring (bicyclic) bond motifs is 1. The zero-order valence-corrected chi connectivity index (χ0v) is 23.5. The number of benzene rings is 3. The number of hydrogen-bond acceptors (Lipinski definition) is 5. The van der Waals surface area contributed by atoms with Crippen LogP contribution >= 0.6 is 15.9 Å². The molecule has 2 aromatic heterocycles. The van der Waals surface area contributed by atoms with E-state index in [9.17, 15) is 14.0 Å². The van der Waals surface area contributed by atoms with Gasteiger partial charge in [-0.15, -0.1) is 0 Å². The molecule has 0 bridgehead atoms. The summed E-state index contributed by atoms with van der Waals surface area (Å²) >= 11 is 3.38. The number of pyridine rings is 1. The highest BCUT2D eigenvalue weighted by Crippen LogP contribution is 2.38. The van der Waals surface area contributed by atoms with Crippen molar-refractivity contribution < 1.29 is 23.1 Å². The molecule has 5 rings (SSSR count). The molecule has 0 aliphatic carbocycles. The summed E-state index contributed by atoms with van der Waals surface area (Å²) in [4.78, 5) is 29.3. The van der Waals surface area contributed by atoms with Crippen molar-refractivity contribution in [3.63, 3.8) is 0 Å². The van der Waals surface area contributed by atoms with Crippen LogP contribution in [0.2, 0.25) is 0 Å². The van der Waals surface area contributed by atoms with Gasteiger partial charge in [0.15, 0.2) is 6.29 Å². The molecule has 0 unspecified atom stereocenters. The van der Waals surface area contributed by atoms with Gasteiger partial charge in [-0.25, -0.2) is 9.37 Å². The number of ether oxygens (including phenoxy) is 1. The van der Waals surface area contributed by atoms with Gasteiger partial charge in [0.25, 0.3) is 5.91 Å². The normalized spacial score (nSPS) is 11.1. The van der Waals surface area contributed by atoms with Crippen molar-refractivity contribution in [3.8, 4) is 28.2 Å². The van der Waals surface area contributed by atoms with Crippen molar-refractivity contribution in [3.05, 3.63) is 106 Å². The van der Waals surface area contributed by atoms with Crippen LogP contribution < -0.4 is 10.1 Å². The van der Waals surface area contributed by atoms with Crippen molar-refractivity contribution in [1.29, 1.82) is 0 Å². The smallest absolute Gasteiger partial charge is 0.251 e. The minimum atomic E-state index is -0.376. The van der Waals surface area contributed by atoms with Gasteiger partial charge in [-0.2, -0.15) is 0 Å². The van der Waals surface area contributed by atoms with Crippen LogP contribution in [-0.2, 0) is 6.61 Å². The third-order valence-corrected chi connectivity index (χ3v) is 6.79. The molecular weight excluding hydrogens is 575 g/mol. The van der Waals surface area contributed by atoms with Gasteiger partial charge >= 0.3 is 0 Å². The minimum Gasteiger partial charge on any atom is -0.488 e. The second-order valence-corrected chi connectivity index (χ2v) is 10.6. The second kappa shape index (κ2) is 11.8. The largest absolute Gasteiger partial charge is 0.488 e. The topological polar surface area (TPSA) is 81.4 Å². The van der Waals surface area contributed by atoms with Crippen molar-refractivity contribution in [2.75, 3.05) is 6.54 Å². The van der Waals surface area contributed by atoms with Gasteiger partial charge in [0.05, 0.1) is 5.56 Å². The molecule has 202 valence electrons.